The van der Waals surface area contributed by atoms with Crippen molar-refractivity contribution < 1.29 is 0 Å². The monoisotopic (exact) mass is 253 g/mol. The maximum absolute atomic E-state index is 5.16. The van der Waals surface area contributed by atoms with Crippen molar-refractivity contribution in [3.05, 3.63) is 0 Å². The van der Waals surface area contributed by atoms with E-state index >= 15 is 0 Å². The van der Waals surface area contributed by atoms with E-state index in [4.69, 9.17) is 12.2 Å². The van der Waals surface area contributed by atoms with Gasteiger partial charge in [-0.25, -0.2) is 0 Å². The maximum atomic E-state index is 5.16. The summed E-state index contributed by atoms with van der Waals surface area (Å²) in [6.45, 7) is 6.51. The van der Waals surface area contributed by atoms with Gasteiger partial charge in [-0.1, -0.05) is 6.92 Å². The van der Waals surface area contributed by atoms with Crippen LogP contribution in [0, 0.1) is 17.8 Å². The summed E-state index contributed by atoms with van der Waals surface area (Å²) in [5.74, 6) is 2.69. The molecule has 0 saturated heterocycles. The molecule has 3 nitrogen and oxygen atoms in total. The number of hydrogen-bond donors (Lipinski definition) is 2. The molecule has 2 saturated carbocycles. The number of fused-ring (bicyclic) bond motifs is 1. The van der Waals surface area contributed by atoms with Gasteiger partial charge in [-0.15, -0.1) is 0 Å². The molecule has 0 spiro atoms. The molecule has 2 fully saturated rings. The Hall–Kier alpha value is -0.640. The molecule has 2 atom stereocenters. The minimum absolute atomic E-state index is 0.360. The lowest BCUT2D eigenvalue weighted by molar-refractivity contribution is 0.457. The van der Waals surface area contributed by atoms with Crippen molar-refractivity contribution >= 4 is 23.0 Å². The Bertz CT molecular complexity index is 309. The SMILES string of the molecule is CC1CC2CC(=NNC(=S)NC(C)C)CC2C1. The molecule has 0 heterocycles. The minimum atomic E-state index is 0.360. The van der Waals surface area contributed by atoms with E-state index in [9.17, 15) is 0 Å². The van der Waals surface area contributed by atoms with Gasteiger partial charge in [0, 0.05) is 11.8 Å². The first-order valence-electron chi connectivity index (χ1n) is 6.66. The highest BCUT2D eigenvalue weighted by molar-refractivity contribution is 7.80. The first-order chi connectivity index (χ1) is 8.04. The van der Waals surface area contributed by atoms with Crippen LogP contribution < -0.4 is 10.7 Å². The van der Waals surface area contributed by atoms with Crippen molar-refractivity contribution in [1.29, 1.82) is 0 Å². The molecule has 0 bridgehead atoms. The molecule has 2 aliphatic carbocycles. The predicted octanol–water partition coefficient (Wildman–Crippen LogP) is 2.67. The molecule has 0 aromatic rings. The van der Waals surface area contributed by atoms with Crippen molar-refractivity contribution in [2.45, 2.75) is 52.5 Å². The largest absolute Gasteiger partial charge is 0.359 e. The van der Waals surface area contributed by atoms with Gasteiger partial charge in [-0.3, -0.25) is 5.43 Å². The Morgan fingerprint density at radius 2 is 1.88 bits per heavy atom. The van der Waals surface area contributed by atoms with Crippen molar-refractivity contribution in [2.24, 2.45) is 22.9 Å². The molecule has 2 unspecified atom stereocenters. The molecule has 2 rings (SSSR count). The van der Waals surface area contributed by atoms with Crippen LogP contribution in [0.1, 0.15) is 46.5 Å². The first-order valence-corrected chi connectivity index (χ1v) is 7.07. The predicted molar refractivity (Wildman–Crippen MR) is 76.1 cm³/mol. The second-order valence-electron chi connectivity index (χ2n) is 5.92. The number of hydrogen-bond acceptors (Lipinski definition) is 2. The zero-order chi connectivity index (χ0) is 12.4. The summed E-state index contributed by atoms with van der Waals surface area (Å²) < 4.78 is 0. The highest BCUT2D eigenvalue weighted by Crippen LogP contribution is 2.45. The van der Waals surface area contributed by atoms with E-state index < -0.39 is 0 Å². The zero-order valence-corrected chi connectivity index (χ0v) is 11.8. The molecule has 0 aromatic heterocycles. The summed E-state index contributed by atoms with van der Waals surface area (Å²) >= 11 is 5.16. The van der Waals surface area contributed by atoms with Gasteiger partial charge in [0.25, 0.3) is 0 Å². The lowest BCUT2D eigenvalue weighted by atomic mass is 10.0. The van der Waals surface area contributed by atoms with Crippen LogP contribution >= 0.6 is 12.2 Å². The van der Waals surface area contributed by atoms with Crippen molar-refractivity contribution in [1.82, 2.24) is 10.7 Å². The highest BCUT2D eigenvalue weighted by atomic mass is 32.1. The van der Waals surface area contributed by atoms with Gasteiger partial charge in [0.2, 0.25) is 0 Å². The van der Waals surface area contributed by atoms with Gasteiger partial charge >= 0.3 is 0 Å². The quantitative estimate of drug-likeness (QED) is 0.587. The zero-order valence-electron chi connectivity index (χ0n) is 11.0. The Morgan fingerprint density at radius 3 is 2.41 bits per heavy atom. The molecule has 96 valence electrons. The Morgan fingerprint density at radius 1 is 1.29 bits per heavy atom. The smallest absolute Gasteiger partial charge is 0.187 e. The summed E-state index contributed by atoms with van der Waals surface area (Å²) in [5, 5.41) is 8.22. The van der Waals surface area contributed by atoms with Crippen LogP contribution in [0.2, 0.25) is 0 Å². The summed E-state index contributed by atoms with van der Waals surface area (Å²) in [5.41, 5.74) is 4.27. The number of hydrazone groups is 1. The van der Waals surface area contributed by atoms with E-state index in [1.54, 1.807) is 0 Å². The lowest BCUT2D eigenvalue weighted by Gasteiger charge is -2.10. The van der Waals surface area contributed by atoms with E-state index in [2.05, 4.69) is 36.6 Å². The van der Waals surface area contributed by atoms with Crippen LogP contribution in [-0.2, 0) is 0 Å². The standard InChI is InChI=1S/C13H23N3S/c1-8(2)14-13(17)16-15-12-6-10-4-9(3)5-11(10)7-12/h8-11H,4-7H2,1-3H3,(H2,14,16,17). The van der Waals surface area contributed by atoms with Crippen LogP contribution in [0.15, 0.2) is 5.10 Å². The molecular formula is C13H23N3S. The molecule has 4 heteroatoms. The fourth-order valence-electron chi connectivity index (χ4n) is 3.22. The average Bonchev–Trinajstić information content (AvgIpc) is 2.70. The number of thiocarbonyl (C=S) groups is 1. The molecule has 17 heavy (non-hydrogen) atoms. The van der Waals surface area contributed by atoms with Crippen LogP contribution in [0.25, 0.3) is 0 Å². The third-order valence-electron chi connectivity index (χ3n) is 3.81. The van der Waals surface area contributed by atoms with E-state index in [0.29, 0.717) is 11.2 Å². The fraction of sp³-hybridized carbons (Fsp3) is 0.846. The Balaban J connectivity index is 1.79. The van der Waals surface area contributed by atoms with Crippen LogP contribution in [0.4, 0.5) is 0 Å². The molecule has 2 N–H and O–H groups in total. The van der Waals surface area contributed by atoms with E-state index in [0.717, 1.165) is 17.8 Å². The fourth-order valence-corrected chi connectivity index (χ4v) is 3.50. The molecule has 0 aromatic carbocycles. The second kappa shape index (κ2) is 5.34. The Kier molecular flexibility index (Phi) is 4.02. The Labute approximate surface area is 109 Å². The number of nitrogens with zero attached hydrogens (tertiary/aromatic N) is 1. The van der Waals surface area contributed by atoms with Crippen LogP contribution in [0.5, 0.6) is 0 Å². The number of rotatable bonds is 2. The topological polar surface area (TPSA) is 36.4 Å². The summed E-state index contributed by atoms with van der Waals surface area (Å²) in [4.78, 5) is 0. The molecule has 0 amide bonds. The van der Waals surface area contributed by atoms with Crippen molar-refractivity contribution in [3.63, 3.8) is 0 Å². The average molecular weight is 253 g/mol. The van der Waals surface area contributed by atoms with Gasteiger partial charge in [0.05, 0.1) is 0 Å². The molecule has 0 radical (unpaired) electrons. The maximum Gasteiger partial charge on any atom is 0.187 e. The van der Waals surface area contributed by atoms with Crippen LogP contribution in [0.3, 0.4) is 0 Å². The lowest BCUT2D eigenvalue weighted by Crippen LogP contribution is -2.37. The second-order valence-corrected chi connectivity index (χ2v) is 6.33. The first kappa shape index (κ1) is 12.8. The summed E-state index contributed by atoms with van der Waals surface area (Å²) in [7, 11) is 0. The van der Waals surface area contributed by atoms with Crippen molar-refractivity contribution in [3.8, 4) is 0 Å². The van der Waals surface area contributed by atoms with Gasteiger partial charge in [0.1, 0.15) is 0 Å². The normalized spacial score (nSPS) is 31.5. The van der Waals surface area contributed by atoms with Gasteiger partial charge in [-0.2, -0.15) is 5.10 Å². The van der Waals surface area contributed by atoms with Gasteiger partial charge in [0.15, 0.2) is 5.11 Å². The van der Waals surface area contributed by atoms with Crippen molar-refractivity contribution in [2.75, 3.05) is 0 Å². The van der Waals surface area contributed by atoms with Gasteiger partial charge < -0.3 is 5.32 Å². The molecular weight excluding hydrogens is 230 g/mol. The van der Waals surface area contributed by atoms with E-state index in [-0.39, 0.29) is 0 Å². The van der Waals surface area contributed by atoms with Crippen LogP contribution in [-0.4, -0.2) is 16.9 Å². The summed E-state index contributed by atoms with van der Waals surface area (Å²) in [6.07, 6.45) is 5.12. The number of nitrogens with one attached hydrogen (secondary N) is 2. The third-order valence-corrected chi connectivity index (χ3v) is 4.02. The summed E-state index contributed by atoms with van der Waals surface area (Å²) in [6, 6.07) is 0.360. The highest BCUT2D eigenvalue weighted by Gasteiger charge is 2.38. The molecule has 0 aliphatic heterocycles. The van der Waals surface area contributed by atoms with E-state index in [1.807, 2.05) is 0 Å². The minimum Gasteiger partial charge on any atom is -0.359 e. The molecule has 2 aliphatic rings. The third kappa shape index (κ3) is 3.41. The van der Waals surface area contributed by atoms with Gasteiger partial charge in [-0.05, 0) is 69.5 Å². The van der Waals surface area contributed by atoms with E-state index in [1.165, 1.54) is 31.4 Å².